The van der Waals surface area contributed by atoms with Gasteiger partial charge in [-0.3, -0.25) is 0 Å². The Kier molecular flexibility index (Phi) is 3.66. The minimum absolute atomic E-state index is 0.0315. The number of fused-ring (bicyclic) bond motifs is 1. The highest BCUT2D eigenvalue weighted by molar-refractivity contribution is 7.99. The molecule has 2 aromatic rings. The predicted octanol–water partition coefficient (Wildman–Crippen LogP) is 4.92. The Bertz CT molecular complexity index is 642. The largest absolute Gasteiger partial charge is 0.376 e. The summed E-state index contributed by atoms with van der Waals surface area (Å²) in [5.74, 6) is 0.192. The highest BCUT2D eigenvalue weighted by atomic mass is 32.2. The second-order valence-electron chi connectivity index (χ2n) is 4.95. The number of rotatable bonds is 2. The minimum atomic E-state index is -0.403. The molecule has 0 bridgehead atoms. The van der Waals surface area contributed by atoms with E-state index in [0.717, 1.165) is 17.7 Å². The van der Waals surface area contributed by atoms with Crippen LogP contribution in [0.15, 0.2) is 41.3 Å². The van der Waals surface area contributed by atoms with Crippen molar-refractivity contribution < 1.29 is 8.78 Å². The van der Waals surface area contributed by atoms with Crippen LogP contribution in [0.4, 0.5) is 14.5 Å². The van der Waals surface area contributed by atoms with Crippen molar-refractivity contribution in [1.29, 1.82) is 0 Å². The van der Waals surface area contributed by atoms with Crippen LogP contribution in [0.3, 0.4) is 0 Å². The van der Waals surface area contributed by atoms with Gasteiger partial charge in [0, 0.05) is 16.7 Å². The smallest absolute Gasteiger partial charge is 0.146 e. The van der Waals surface area contributed by atoms with Crippen molar-refractivity contribution in [3.63, 3.8) is 0 Å². The van der Waals surface area contributed by atoms with E-state index in [1.165, 1.54) is 17.0 Å². The molecule has 0 fully saturated rings. The van der Waals surface area contributed by atoms with E-state index in [1.54, 1.807) is 18.7 Å². The van der Waals surface area contributed by atoms with Crippen LogP contribution in [0, 0.1) is 18.6 Å². The maximum absolute atomic E-state index is 13.9. The molecule has 1 heterocycles. The molecule has 1 N–H and O–H groups in total. The van der Waals surface area contributed by atoms with E-state index in [9.17, 15) is 8.78 Å². The number of hydrogen-bond donors (Lipinski definition) is 1. The number of nitrogens with one attached hydrogen (secondary N) is 1. The Morgan fingerprint density at radius 3 is 2.80 bits per heavy atom. The van der Waals surface area contributed by atoms with Gasteiger partial charge in [-0.2, -0.15) is 0 Å². The molecule has 2 aromatic carbocycles. The molecule has 1 nitrogen and oxygen atoms in total. The number of benzene rings is 2. The van der Waals surface area contributed by atoms with Crippen LogP contribution >= 0.6 is 11.8 Å². The average Bonchev–Trinajstić information content (AvgIpc) is 2.45. The first-order valence-corrected chi connectivity index (χ1v) is 7.57. The summed E-state index contributed by atoms with van der Waals surface area (Å²) in [7, 11) is 0. The number of anilines is 1. The number of aryl methyl sites for hydroxylation is 1. The molecule has 104 valence electrons. The van der Waals surface area contributed by atoms with E-state index >= 15 is 0 Å². The Balaban J connectivity index is 1.91. The highest BCUT2D eigenvalue weighted by Gasteiger charge is 2.21. The number of halogens is 2. The fourth-order valence-corrected chi connectivity index (χ4v) is 3.56. The third kappa shape index (κ3) is 2.52. The highest BCUT2D eigenvalue weighted by Crippen LogP contribution is 2.38. The van der Waals surface area contributed by atoms with Crippen LogP contribution in [-0.4, -0.2) is 5.75 Å². The first-order valence-electron chi connectivity index (χ1n) is 6.59. The Labute approximate surface area is 121 Å². The number of hydrogen-bond acceptors (Lipinski definition) is 2. The molecule has 0 spiro atoms. The van der Waals surface area contributed by atoms with Gasteiger partial charge in [0.05, 0.1) is 11.7 Å². The van der Waals surface area contributed by atoms with Crippen LogP contribution in [-0.2, 0) is 0 Å². The molecular weight excluding hydrogens is 276 g/mol. The lowest BCUT2D eigenvalue weighted by molar-refractivity contribution is 0.590. The van der Waals surface area contributed by atoms with Gasteiger partial charge in [-0.15, -0.1) is 11.8 Å². The standard InChI is InChI=1S/C16H15F2NS/c1-10-8-13(18)15(9-12(10)17)19-14-6-7-20-16-5-3-2-4-11(14)16/h2-5,8-9,14,19H,6-7H2,1H3. The van der Waals surface area contributed by atoms with Crippen LogP contribution in [0.2, 0.25) is 0 Å². The zero-order chi connectivity index (χ0) is 14.1. The third-order valence-corrected chi connectivity index (χ3v) is 4.66. The molecule has 1 aliphatic heterocycles. The van der Waals surface area contributed by atoms with Gasteiger partial charge >= 0.3 is 0 Å². The van der Waals surface area contributed by atoms with Crippen LogP contribution in [0.1, 0.15) is 23.6 Å². The summed E-state index contributed by atoms with van der Waals surface area (Å²) in [4.78, 5) is 1.21. The summed E-state index contributed by atoms with van der Waals surface area (Å²) in [6.07, 6.45) is 0.899. The molecule has 1 aliphatic rings. The third-order valence-electron chi connectivity index (χ3n) is 3.54. The predicted molar refractivity (Wildman–Crippen MR) is 79.2 cm³/mol. The summed E-state index contributed by atoms with van der Waals surface area (Å²) in [6, 6.07) is 10.6. The topological polar surface area (TPSA) is 12.0 Å². The average molecular weight is 291 g/mol. The summed E-state index contributed by atoms with van der Waals surface area (Å²) < 4.78 is 27.5. The van der Waals surface area contributed by atoms with Gasteiger partial charge in [0.25, 0.3) is 0 Å². The van der Waals surface area contributed by atoms with E-state index in [1.807, 2.05) is 18.2 Å². The first kappa shape index (κ1) is 13.4. The maximum Gasteiger partial charge on any atom is 0.146 e. The minimum Gasteiger partial charge on any atom is -0.376 e. The van der Waals surface area contributed by atoms with Crippen molar-refractivity contribution in [1.82, 2.24) is 0 Å². The zero-order valence-corrected chi connectivity index (χ0v) is 11.9. The van der Waals surface area contributed by atoms with Gasteiger partial charge in [0.2, 0.25) is 0 Å². The maximum atomic E-state index is 13.9. The zero-order valence-electron chi connectivity index (χ0n) is 11.1. The fourth-order valence-electron chi connectivity index (χ4n) is 2.44. The molecule has 0 amide bonds. The SMILES string of the molecule is Cc1cc(F)c(NC2CCSc3ccccc32)cc1F. The van der Waals surface area contributed by atoms with Crippen molar-refractivity contribution in [3.05, 3.63) is 59.2 Å². The normalized spacial score (nSPS) is 17.6. The van der Waals surface area contributed by atoms with Gasteiger partial charge < -0.3 is 5.32 Å². The van der Waals surface area contributed by atoms with Gasteiger partial charge in [-0.1, -0.05) is 18.2 Å². The van der Waals surface area contributed by atoms with Crippen LogP contribution < -0.4 is 5.32 Å². The van der Waals surface area contributed by atoms with E-state index in [-0.39, 0.29) is 17.5 Å². The second kappa shape index (κ2) is 5.44. The Morgan fingerprint density at radius 1 is 1.15 bits per heavy atom. The van der Waals surface area contributed by atoms with Crippen LogP contribution in [0.25, 0.3) is 0 Å². The molecule has 4 heteroatoms. The molecular formula is C16H15F2NS. The van der Waals surface area contributed by atoms with Gasteiger partial charge in [0.15, 0.2) is 0 Å². The van der Waals surface area contributed by atoms with Gasteiger partial charge in [0.1, 0.15) is 11.6 Å². The van der Waals surface area contributed by atoms with E-state index in [0.29, 0.717) is 5.56 Å². The van der Waals surface area contributed by atoms with Crippen LogP contribution in [0.5, 0.6) is 0 Å². The number of thioether (sulfide) groups is 1. The van der Waals surface area contributed by atoms with Crippen molar-refractivity contribution in [2.45, 2.75) is 24.3 Å². The molecule has 20 heavy (non-hydrogen) atoms. The van der Waals surface area contributed by atoms with E-state index in [4.69, 9.17) is 0 Å². The van der Waals surface area contributed by atoms with E-state index in [2.05, 4.69) is 11.4 Å². The monoisotopic (exact) mass is 291 g/mol. The molecule has 0 aromatic heterocycles. The quantitative estimate of drug-likeness (QED) is 0.842. The summed E-state index contributed by atoms with van der Waals surface area (Å²) in [5, 5.41) is 3.15. The van der Waals surface area contributed by atoms with Gasteiger partial charge in [-0.05, 0) is 36.6 Å². The van der Waals surface area contributed by atoms with Crippen molar-refractivity contribution in [3.8, 4) is 0 Å². The first-order chi connectivity index (χ1) is 9.65. The molecule has 0 radical (unpaired) electrons. The van der Waals surface area contributed by atoms with Crippen molar-refractivity contribution in [2.24, 2.45) is 0 Å². The fraction of sp³-hybridized carbons (Fsp3) is 0.250. The second-order valence-corrected chi connectivity index (χ2v) is 6.09. The van der Waals surface area contributed by atoms with Gasteiger partial charge in [-0.25, -0.2) is 8.78 Å². The van der Waals surface area contributed by atoms with Crippen molar-refractivity contribution in [2.75, 3.05) is 11.1 Å². The summed E-state index contributed by atoms with van der Waals surface area (Å²) in [5.41, 5.74) is 1.72. The lowest BCUT2D eigenvalue weighted by Gasteiger charge is -2.27. The molecule has 0 saturated carbocycles. The van der Waals surface area contributed by atoms with E-state index < -0.39 is 5.82 Å². The lowest BCUT2D eigenvalue weighted by Crippen LogP contribution is -2.17. The van der Waals surface area contributed by atoms with Crippen molar-refractivity contribution >= 4 is 17.4 Å². The molecule has 3 rings (SSSR count). The lowest BCUT2D eigenvalue weighted by atomic mass is 10.0. The molecule has 0 aliphatic carbocycles. The summed E-state index contributed by atoms with van der Waals surface area (Å²) in [6.45, 7) is 1.56. The molecule has 0 saturated heterocycles. The summed E-state index contributed by atoms with van der Waals surface area (Å²) >= 11 is 1.80. The Morgan fingerprint density at radius 2 is 1.95 bits per heavy atom. The Hall–Kier alpha value is -1.55. The molecule has 1 atom stereocenters. The molecule has 1 unspecified atom stereocenters.